The van der Waals surface area contributed by atoms with Crippen LogP contribution >= 0.6 is 22.9 Å². The van der Waals surface area contributed by atoms with E-state index in [2.05, 4.69) is 45.0 Å². The van der Waals surface area contributed by atoms with Gasteiger partial charge in [-0.05, 0) is 43.8 Å². The van der Waals surface area contributed by atoms with E-state index >= 15 is 0 Å². The molecule has 2 aromatic rings. The van der Waals surface area contributed by atoms with Crippen LogP contribution in [0.4, 0.5) is 5.69 Å². The first-order valence-corrected chi connectivity index (χ1v) is 8.63. The Morgan fingerprint density at radius 3 is 3.23 bits per heavy atom. The maximum absolute atomic E-state index is 11.5. The van der Waals surface area contributed by atoms with Crippen molar-refractivity contribution >= 4 is 28.6 Å². The second-order valence-electron chi connectivity index (χ2n) is 5.65. The van der Waals surface area contributed by atoms with Crippen molar-refractivity contribution in [3.05, 3.63) is 44.0 Å². The van der Waals surface area contributed by atoms with E-state index in [4.69, 9.17) is 11.6 Å². The number of rotatable bonds is 4. The van der Waals surface area contributed by atoms with E-state index < -0.39 is 0 Å². The maximum Gasteiger partial charge on any atom is 0.285 e. The zero-order chi connectivity index (χ0) is 15.5. The highest BCUT2D eigenvalue weighted by Gasteiger charge is 2.31. The number of likely N-dealkylation sites (tertiary alicyclic amines) is 1. The topological polar surface area (TPSA) is 61.0 Å². The number of hydrogen-bond donors (Lipinski definition) is 2. The van der Waals surface area contributed by atoms with Crippen LogP contribution in [0.15, 0.2) is 28.5 Å². The molecule has 3 heterocycles. The molecule has 1 fully saturated rings. The van der Waals surface area contributed by atoms with Gasteiger partial charge < -0.3 is 5.32 Å². The fourth-order valence-corrected chi connectivity index (χ4v) is 4.27. The van der Waals surface area contributed by atoms with Gasteiger partial charge in [0.15, 0.2) is 0 Å². The average molecular weight is 339 g/mol. The second kappa shape index (κ2) is 6.81. The second-order valence-corrected chi connectivity index (χ2v) is 7.01. The Morgan fingerprint density at radius 2 is 2.45 bits per heavy atom. The smallest absolute Gasteiger partial charge is 0.285 e. The minimum absolute atomic E-state index is 0.173. The molecule has 0 saturated carbocycles. The molecule has 22 heavy (non-hydrogen) atoms. The van der Waals surface area contributed by atoms with Crippen LogP contribution in [0.25, 0.3) is 0 Å². The maximum atomic E-state index is 11.5. The molecule has 1 aliphatic rings. The summed E-state index contributed by atoms with van der Waals surface area (Å²) in [6.07, 6.45) is 3.91. The molecule has 118 valence electrons. The predicted molar refractivity (Wildman–Crippen MR) is 90.8 cm³/mol. The lowest BCUT2D eigenvalue weighted by Crippen LogP contribution is -2.38. The fraction of sp³-hybridized carbons (Fsp3) is 0.467. The lowest BCUT2D eigenvalue weighted by Gasteiger charge is -2.39. The van der Waals surface area contributed by atoms with Gasteiger partial charge >= 0.3 is 0 Å². The van der Waals surface area contributed by atoms with Crippen molar-refractivity contribution in [1.29, 1.82) is 0 Å². The van der Waals surface area contributed by atoms with Gasteiger partial charge in [-0.1, -0.05) is 17.7 Å². The lowest BCUT2D eigenvalue weighted by molar-refractivity contribution is 0.130. The van der Waals surface area contributed by atoms with Crippen LogP contribution in [0.2, 0.25) is 5.02 Å². The van der Waals surface area contributed by atoms with E-state index in [1.54, 1.807) is 17.5 Å². The Balaban J connectivity index is 1.75. The number of piperidine rings is 1. The van der Waals surface area contributed by atoms with E-state index in [9.17, 15) is 4.79 Å². The summed E-state index contributed by atoms with van der Waals surface area (Å²) in [4.78, 5) is 15.3. The first-order chi connectivity index (χ1) is 10.7. The monoisotopic (exact) mass is 338 g/mol. The summed E-state index contributed by atoms with van der Waals surface area (Å²) in [5.74, 6) is 0.479. The van der Waals surface area contributed by atoms with Crippen LogP contribution in [0.3, 0.4) is 0 Å². The molecule has 2 atom stereocenters. The number of hydrogen-bond acceptors (Lipinski definition) is 5. The van der Waals surface area contributed by atoms with E-state index in [1.807, 2.05) is 0 Å². The number of thiophene rings is 1. The molecule has 0 spiro atoms. The summed E-state index contributed by atoms with van der Waals surface area (Å²) in [7, 11) is 2.18. The Labute approximate surface area is 138 Å². The summed E-state index contributed by atoms with van der Waals surface area (Å²) in [6, 6.07) is 4.71. The van der Waals surface area contributed by atoms with Crippen molar-refractivity contribution in [1.82, 2.24) is 15.1 Å². The average Bonchev–Trinajstić information content (AvgIpc) is 3.02. The molecule has 0 aliphatic carbocycles. The number of anilines is 1. The first kappa shape index (κ1) is 15.5. The molecule has 2 N–H and O–H groups in total. The van der Waals surface area contributed by atoms with Crippen molar-refractivity contribution in [2.24, 2.45) is 5.92 Å². The molecule has 5 nitrogen and oxygen atoms in total. The third-order valence-corrected chi connectivity index (χ3v) is 5.51. The van der Waals surface area contributed by atoms with E-state index in [0.29, 0.717) is 17.6 Å². The highest BCUT2D eigenvalue weighted by atomic mass is 35.5. The fourth-order valence-electron chi connectivity index (χ4n) is 3.13. The van der Waals surface area contributed by atoms with Gasteiger partial charge in [0.2, 0.25) is 0 Å². The third-order valence-electron chi connectivity index (χ3n) is 4.19. The number of aromatic amines is 1. The van der Waals surface area contributed by atoms with Gasteiger partial charge in [-0.3, -0.25) is 9.69 Å². The van der Waals surface area contributed by atoms with Gasteiger partial charge in [0.1, 0.15) is 5.02 Å². The Hall–Kier alpha value is -1.37. The highest BCUT2D eigenvalue weighted by Crippen LogP contribution is 2.37. The molecule has 3 rings (SSSR count). The molecule has 0 bridgehead atoms. The Bertz CT molecular complexity index is 672. The molecule has 0 amide bonds. The van der Waals surface area contributed by atoms with Gasteiger partial charge in [0, 0.05) is 17.5 Å². The molecule has 0 radical (unpaired) electrons. The number of H-pyrrole nitrogens is 1. The quantitative estimate of drug-likeness (QED) is 0.899. The molecule has 1 aliphatic heterocycles. The minimum atomic E-state index is -0.359. The van der Waals surface area contributed by atoms with Crippen molar-refractivity contribution in [2.45, 2.75) is 18.9 Å². The lowest BCUT2D eigenvalue weighted by atomic mass is 9.88. The van der Waals surface area contributed by atoms with Crippen LogP contribution < -0.4 is 10.9 Å². The molecule has 2 aromatic heterocycles. The van der Waals surface area contributed by atoms with Crippen molar-refractivity contribution in [3.63, 3.8) is 0 Å². The molecular weight excluding hydrogens is 320 g/mol. The van der Waals surface area contributed by atoms with Gasteiger partial charge in [0.25, 0.3) is 5.56 Å². The molecule has 2 unspecified atom stereocenters. The third kappa shape index (κ3) is 3.19. The molecule has 7 heteroatoms. The summed E-state index contributed by atoms with van der Waals surface area (Å²) in [6.45, 7) is 1.89. The van der Waals surface area contributed by atoms with Gasteiger partial charge in [-0.15, -0.1) is 11.3 Å². The van der Waals surface area contributed by atoms with E-state index in [-0.39, 0.29) is 10.6 Å². The zero-order valence-electron chi connectivity index (χ0n) is 12.4. The normalized spacial score (nSPS) is 22.6. The van der Waals surface area contributed by atoms with Crippen molar-refractivity contribution in [2.75, 3.05) is 25.5 Å². The van der Waals surface area contributed by atoms with Gasteiger partial charge in [0.05, 0.1) is 11.9 Å². The standard InChI is InChI=1S/C15H19ClN4OS/c1-20-6-2-4-10(14(20)12-5-3-7-22-12)8-17-11-9-18-19-15(21)13(11)16/h3,5,7,9-10,14H,2,4,6,8H2,1H3,(H2,17,19,21). The van der Waals surface area contributed by atoms with Crippen LogP contribution in [-0.2, 0) is 0 Å². The van der Waals surface area contributed by atoms with Crippen LogP contribution in [0.1, 0.15) is 23.8 Å². The van der Waals surface area contributed by atoms with E-state index in [0.717, 1.165) is 19.5 Å². The van der Waals surface area contributed by atoms with E-state index in [1.165, 1.54) is 11.3 Å². The summed E-state index contributed by atoms with van der Waals surface area (Å²) in [5.41, 5.74) is 0.241. The van der Waals surface area contributed by atoms with Gasteiger partial charge in [-0.25, -0.2) is 5.10 Å². The Kier molecular flexibility index (Phi) is 4.81. The molecular formula is C15H19ClN4OS. The van der Waals surface area contributed by atoms with Crippen LogP contribution in [-0.4, -0.2) is 35.2 Å². The van der Waals surface area contributed by atoms with Crippen molar-refractivity contribution < 1.29 is 0 Å². The van der Waals surface area contributed by atoms with Crippen molar-refractivity contribution in [3.8, 4) is 0 Å². The summed E-state index contributed by atoms with van der Waals surface area (Å²) >= 11 is 7.82. The summed E-state index contributed by atoms with van der Waals surface area (Å²) < 4.78 is 0. The SMILES string of the molecule is CN1CCCC(CNc2cn[nH]c(=O)c2Cl)C1c1cccs1. The number of halogens is 1. The molecule has 1 saturated heterocycles. The first-order valence-electron chi connectivity index (χ1n) is 7.37. The number of nitrogens with one attached hydrogen (secondary N) is 2. The molecule has 0 aromatic carbocycles. The van der Waals surface area contributed by atoms with Crippen LogP contribution in [0.5, 0.6) is 0 Å². The largest absolute Gasteiger partial charge is 0.382 e. The highest BCUT2D eigenvalue weighted by molar-refractivity contribution is 7.10. The predicted octanol–water partition coefficient (Wildman–Crippen LogP) is 2.98. The zero-order valence-corrected chi connectivity index (χ0v) is 14.0. The minimum Gasteiger partial charge on any atom is -0.382 e. The Morgan fingerprint density at radius 1 is 1.59 bits per heavy atom. The number of aromatic nitrogens is 2. The van der Waals surface area contributed by atoms with Crippen LogP contribution in [0, 0.1) is 5.92 Å². The summed E-state index contributed by atoms with van der Waals surface area (Å²) in [5, 5.41) is 11.7. The number of nitrogens with zero attached hydrogens (tertiary/aromatic N) is 2. The van der Waals surface area contributed by atoms with Gasteiger partial charge in [-0.2, -0.15) is 5.10 Å².